The van der Waals surface area contributed by atoms with Crippen molar-refractivity contribution in [1.82, 2.24) is 24.3 Å². The van der Waals surface area contributed by atoms with Gasteiger partial charge in [-0.25, -0.2) is 4.52 Å². The largest absolute Gasteiger partial charge is 0.494 e. The summed E-state index contributed by atoms with van der Waals surface area (Å²) >= 11 is 0. The van der Waals surface area contributed by atoms with E-state index in [1.165, 1.54) is 5.69 Å². The predicted molar refractivity (Wildman–Crippen MR) is 90.8 cm³/mol. The Kier molecular flexibility index (Phi) is 4.34. The Morgan fingerprint density at radius 3 is 2.74 bits per heavy atom. The summed E-state index contributed by atoms with van der Waals surface area (Å²) in [6.45, 7) is 1.04. The summed E-state index contributed by atoms with van der Waals surface area (Å²) < 4.78 is 9.37. The van der Waals surface area contributed by atoms with Crippen LogP contribution in [0, 0.1) is 0 Å². The minimum atomic E-state index is 0.831. The minimum absolute atomic E-state index is 0.831. The topological polar surface area (TPSA) is 47.6 Å². The van der Waals surface area contributed by atoms with E-state index < -0.39 is 0 Å². The van der Waals surface area contributed by atoms with Crippen LogP contribution < -0.4 is 4.74 Å². The van der Waals surface area contributed by atoms with Gasteiger partial charge in [-0.3, -0.25) is 4.68 Å². The van der Waals surface area contributed by atoms with Crippen LogP contribution in [0.1, 0.15) is 12.1 Å². The highest BCUT2D eigenvalue weighted by Gasteiger charge is 2.16. The molecule has 0 radical (unpaired) electrons. The zero-order valence-corrected chi connectivity index (χ0v) is 14.2. The maximum atomic E-state index is 5.56. The van der Waals surface area contributed by atoms with Crippen molar-refractivity contribution in [2.24, 2.45) is 7.05 Å². The molecule has 0 atom stereocenters. The fourth-order valence-corrected chi connectivity index (χ4v) is 2.88. The lowest BCUT2D eigenvalue weighted by atomic mass is 10.0. The Morgan fingerprint density at radius 1 is 1.26 bits per heavy atom. The summed E-state index contributed by atoms with van der Waals surface area (Å²) in [7, 11) is 7.82. The summed E-state index contributed by atoms with van der Waals surface area (Å²) in [4.78, 5) is 2.20. The molecular formula is C17H23N5O. The molecule has 0 bridgehead atoms. The Hall–Kier alpha value is -2.34. The van der Waals surface area contributed by atoms with E-state index in [2.05, 4.69) is 35.3 Å². The molecule has 3 rings (SSSR count). The SMILES string of the molecule is COc1cc(-c2cnn(C)c2)c(CCCN(C)C)n2nccc12. The van der Waals surface area contributed by atoms with E-state index in [0.29, 0.717) is 0 Å². The number of pyridine rings is 1. The van der Waals surface area contributed by atoms with Crippen LogP contribution in [0.25, 0.3) is 16.6 Å². The highest BCUT2D eigenvalue weighted by molar-refractivity contribution is 5.73. The van der Waals surface area contributed by atoms with Gasteiger partial charge in [-0.15, -0.1) is 0 Å². The fraction of sp³-hybridized carbons (Fsp3) is 0.412. The van der Waals surface area contributed by atoms with Gasteiger partial charge in [0, 0.05) is 24.4 Å². The van der Waals surface area contributed by atoms with Gasteiger partial charge in [0.05, 0.1) is 25.2 Å². The van der Waals surface area contributed by atoms with E-state index in [-0.39, 0.29) is 0 Å². The van der Waals surface area contributed by atoms with Crippen molar-refractivity contribution >= 4 is 5.52 Å². The van der Waals surface area contributed by atoms with E-state index in [9.17, 15) is 0 Å². The Bertz CT molecular complexity index is 803. The summed E-state index contributed by atoms with van der Waals surface area (Å²) in [5, 5.41) is 8.82. The van der Waals surface area contributed by atoms with Gasteiger partial charge in [-0.05, 0) is 45.6 Å². The zero-order chi connectivity index (χ0) is 16.4. The van der Waals surface area contributed by atoms with Crippen molar-refractivity contribution in [3.05, 3.63) is 36.4 Å². The van der Waals surface area contributed by atoms with Crippen LogP contribution >= 0.6 is 0 Å². The van der Waals surface area contributed by atoms with E-state index >= 15 is 0 Å². The molecule has 0 saturated heterocycles. The van der Waals surface area contributed by atoms with E-state index in [0.717, 1.165) is 41.8 Å². The second-order valence-corrected chi connectivity index (χ2v) is 6.01. The highest BCUT2D eigenvalue weighted by atomic mass is 16.5. The third-order valence-electron chi connectivity index (χ3n) is 3.99. The molecule has 0 aromatic carbocycles. The van der Waals surface area contributed by atoms with Gasteiger partial charge in [0.2, 0.25) is 0 Å². The van der Waals surface area contributed by atoms with Crippen molar-refractivity contribution in [3.63, 3.8) is 0 Å². The molecule has 6 heteroatoms. The molecule has 0 N–H and O–H groups in total. The Balaban J connectivity index is 2.11. The number of fused-ring (bicyclic) bond motifs is 1. The maximum absolute atomic E-state index is 5.56. The zero-order valence-electron chi connectivity index (χ0n) is 14.2. The Labute approximate surface area is 136 Å². The Morgan fingerprint density at radius 2 is 2.09 bits per heavy atom. The molecule has 0 unspecified atom stereocenters. The summed E-state index contributed by atoms with van der Waals surface area (Å²) in [6.07, 6.45) is 7.76. The molecule has 3 aromatic heterocycles. The van der Waals surface area contributed by atoms with Crippen molar-refractivity contribution in [2.75, 3.05) is 27.7 Å². The summed E-state index contributed by atoms with van der Waals surface area (Å²) in [5.74, 6) is 0.831. The fourth-order valence-electron chi connectivity index (χ4n) is 2.88. The van der Waals surface area contributed by atoms with Crippen LogP contribution in [0.5, 0.6) is 5.75 Å². The third kappa shape index (κ3) is 3.07. The molecular weight excluding hydrogens is 290 g/mol. The normalized spacial score (nSPS) is 11.5. The molecule has 0 fully saturated rings. The number of rotatable bonds is 6. The predicted octanol–water partition coefficient (Wildman–Crippen LogP) is 2.24. The molecule has 0 amide bonds. The van der Waals surface area contributed by atoms with Gasteiger partial charge in [0.1, 0.15) is 11.3 Å². The van der Waals surface area contributed by atoms with Gasteiger partial charge in [-0.2, -0.15) is 10.2 Å². The molecule has 122 valence electrons. The highest BCUT2D eigenvalue weighted by Crippen LogP contribution is 2.32. The second-order valence-electron chi connectivity index (χ2n) is 6.01. The smallest absolute Gasteiger partial charge is 0.145 e. The lowest BCUT2D eigenvalue weighted by molar-refractivity contribution is 0.398. The van der Waals surface area contributed by atoms with Gasteiger partial charge in [-0.1, -0.05) is 0 Å². The molecule has 0 aliphatic heterocycles. The van der Waals surface area contributed by atoms with Crippen molar-refractivity contribution in [2.45, 2.75) is 12.8 Å². The number of aromatic nitrogens is 4. The van der Waals surface area contributed by atoms with Crippen LogP contribution in [0.4, 0.5) is 0 Å². The van der Waals surface area contributed by atoms with Gasteiger partial charge in [0.25, 0.3) is 0 Å². The maximum Gasteiger partial charge on any atom is 0.145 e. The van der Waals surface area contributed by atoms with Crippen LogP contribution in [-0.2, 0) is 13.5 Å². The number of methoxy groups -OCH3 is 1. The molecule has 0 aliphatic rings. The quantitative estimate of drug-likeness (QED) is 0.700. The van der Waals surface area contributed by atoms with Crippen molar-refractivity contribution < 1.29 is 4.74 Å². The van der Waals surface area contributed by atoms with Crippen molar-refractivity contribution in [1.29, 1.82) is 0 Å². The minimum Gasteiger partial charge on any atom is -0.494 e. The van der Waals surface area contributed by atoms with Crippen LogP contribution in [0.15, 0.2) is 30.7 Å². The second kappa shape index (κ2) is 6.42. The average molecular weight is 313 g/mol. The number of aryl methyl sites for hydroxylation is 2. The summed E-state index contributed by atoms with van der Waals surface area (Å²) in [5.41, 5.74) is 4.41. The lowest BCUT2D eigenvalue weighted by Crippen LogP contribution is -2.14. The first-order chi connectivity index (χ1) is 11.1. The molecule has 3 aromatic rings. The number of hydrogen-bond acceptors (Lipinski definition) is 4. The van der Waals surface area contributed by atoms with Gasteiger partial charge in [0.15, 0.2) is 0 Å². The lowest BCUT2D eigenvalue weighted by Gasteiger charge is -2.15. The molecule has 0 saturated carbocycles. The van der Waals surface area contributed by atoms with E-state index in [1.54, 1.807) is 7.11 Å². The van der Waals surface area contributed by atoms with Crippen LogP contribution in [0.3, 0.4) is 0 Å². The molecule has 23 heavy (non-hydrogen) atoms. The van der Waals surface area contributed by atoms with Crippen LogP contribution in [0.2, 0.25) is 0 Å². The average Bonchev–Trinajstić information content (AvgIpc) is 3.15. The molecule has 3 heterocycles. The van der Waals surface area contributed by atoms with Gasteiger partial charge >= 0.3 is 0 Å². The van der Waals surface area contributed by atoms with E-state index in [1.807, 2.05) is 40.9 Å². The van der Waals surface area contributed by atoms with E-state index in [4.69, 9.17) is 4.74 Å². The molecule has 0 aliphatic carbocycles. The first-order valence-electron chi connectivity index (χ1n) is 7.77. The summed E-state index contributed by atoms with van der Waals surface area (Å²) in [6, 6.07) is 4.08. The third-order valence-corrected chi connectivity index (χ3v) is 3.99. The number of ether oxygens (including phenoxy) is 1. The number of nitrogens with zero attached hydrogens (tertiary/aromatic N) is 5. The molecule has 6 nitrogen and oxygen atoms in total. The van der Waals surface area contributed by atoms with Crippen molar-refractivity contribution in [3.8, 4) is 16.9 Å². The monoisotopic (exact) mass is 313 g/mol. The first-order valence-corrected chi connectivity index (χ1v) is 7.77. The van der Waals surface area contributed by atoms with Crippen LogP contribution in [-0.4, -0.2) is 52.0 Å². The van der Waals surface area contributed by atoms with Gasteiger partial charge < -0.3 is 9.64 Å². The number of hydrogen-bond donors (Lipinski definition) is 0. The first kappa shape index (κ1) is 15.6. The standard InChI is InChI=1S/C17H23N5O/c1-20(2)9-5-6-15-14(13-11-19-21(3)12-13)10-17(23-4)16-7-8-18-22(15)16/h7-8,10-12H,5-6,9H2,1-4H3. The molecule has 0 spiro atoms.